The number of para-hydroxylation sites is 2. The number of hydrazone groups is 1. The first kappa shape index (κ1) is 22.0. The van der Waals surface area contributed by atoms with E-state index in [9.17, 15) is 13.2 Å². The van der Waals surface area contributed by atoms with Gasteiger partial charge in [-0.05, 0) is 37.3 Å². The molecule has 2 aromatic carbocycles. The average Bonchev–Trinajstić information content (AvgIpc) is 2.78. The number of carbonyl (C=O) groups is 1. The normalized spacial score (nSPS) is 11.3. The van der Waals surface area contributed by atoms with Crippen molar-refractivity contribution in [3.05, 3.63) is 84.2 Å². The molecule has 0 radical (unpaired) electrons. The topological polar surface area (TPSA) is 101 Å². The Labute approximate surface area is 181 Å². The summed E-state index contributed by atoms with van der Waals surface area (Å²) in [5.74, 6) is -0.286. The van der Waals surface area contributed by atoms with Crippen LogP contribution in [0.5, 0.6) is 5.75 Å². The van der Waals surface area contributed by atoms with E-state index in [-0.39, 0.29) is 10.6 Å². The first-order valence-corrected chi connectivity index (χ1v) is 10.8. The molecule has 1 N–H and O–H groups in total. The smallest absolute Gasteiger partial charge is 0.264 e. The number of rotatable bonds is 8. The molecule has 3 rings (SSSR count). The Bertz CT molecular complexity index is 1160. The number of aromatic nitrogens is 1. The van der Waals surface area contributed by atoms with Gasteiger partial charge in [0.25, 0.3) is 15.9 Å². The van der Waals surface area contributed by atoms with Crippen molar-refractivity contribution in [2.75, 3.05) is 18.0 Å². The third-order valence-electron chi connectivity index (χ3n) is 4.34. The summed E-state index contributed by atoms with van der Waals surface area (Å²) in [4.78, 5) is 16.6. The molecule has 0 saturated heterocycles. The molecule has 1 heterocycles. The van der Waals surface area contributed by atoms with E-state index in [4.69, 9.17) is 4.74 Å². The first-order valence-electron chi connectivity index (χ1n) is 9.36. The lowest BCUT2D eigenvalue weighted by Crippen LogP contribution is -2.39. The second-order valence-corrected chi connectivity index (χ2v) is 8.44. The molecule has 0 saturated carbocycles. The van der Waals surface area contributed by atoms with E-state index >= 15 is 0 Å². The molecule has 0 aliphatic carbocycles. The molecule has 1 aromatic heterocycles. The number of benzene rings is 2. The summed E-state index contributed by atoms with van der Waals surface area (Å²) < 4.78 is 33.1. The van der Waals surface area contributed by atoms with Crippen molar-refractivity contribution >= 4 is 27.8 Å². The van der Waals surface area contributed by atoms with Gasteiger partial charge >= 0.3 is 0 Å². The zero-order valence-corrected chi connectivity index (χ0v) is 17.9. The van der Waals surface area contributed by atoms with E-state index in [0.29, 0.717) is 11.3 Å². The highest BCUT2D eigenvalue weighted by atomic mass is 32.2. The maximum absolute atomic E-state index is 13.4. The number of methoxy groups -OCH3 is 1. The van der Waals surface area contributed by atoms with Crippen molar-refractivity contribution in [1.29, 1.82) is 0 Å². The molecule has 160 valence electrons. The van der Waals surface area contributed by atoms with Gasteiger partial charge in [-0.1, -0.05) is 35.9 Å². The number of anilines is 1. The maximum atomic E-state index is 13.4. The van der Waals surface area contributed by atoms with Gasteiger partial charge in [0.15, 0.2) is 0 Å². The summed E-state index contributed by atoms with van der Waals surface area (Å²) in [6.45, 7) is 1.38. The molecule has 31 heavy (non-hydrogen) atoms. The molecular weight excluding hydrogens is 416 g/mol. The fraction of sp³-hybridized carbons (Fsp3) is 0.136. The van der Waals surface area contributed by atoms with Crippen LogP contribution in [0.3, 0.4) is 0 Å². The van der Waals surface area contributed by atoms with Gasteiger partial charge in [-0.15, -0.1) is 0 Å². The van der Waals surface area contributed by atoms with Crippen LogP contribution >= 0.6 is 0 Å². The van der Waals surface area contributed by atoms with Crippen molar-refractivity contribution in [1.82, 2.24) is 10.4 Å². The number of ether oxygens (including phenoxy) is 1. The third kappa shape index (κ3) is 5.46. The van der Waals surface area contributed by atoms with Crippen molar-refractivity contribution in [3.63, 3.8) is 0 Å². The van der Waals surface area contributed by atoms with Crippen LogP contribution in [0.15, 0.2) is 83.1 Å². The van der Waals surface area contributed by atoms with Crippen LogP contribution in [0.4, 0.5) is 5.69 Å². The number of aryl methyl sites for hydroxylation is 1. The molecular formula is C22H22N4O4S. The molecule has 0 aliphatic heterocycles. The highest BCUT2D eigenvalue weighted by Gasteiger charge is 2.29. The monoisotopic (exact) mass is 438 g/mol. The van der Waals surface area contributed by atoms with Crippen LogP contribution in [0.2, 0.25) is 0 Å². The average molecular weight is 439 g/mol. The van der Waals surface area contributed by atoms with Crippen LogP contribution in [0, 0.1) is 6.92 Å². The Balaban J connectivity index is 1.90. The summed E-state index contributed by atoms with van der Waals surface area (Å²) in [5, 5.41) is 3.88. The first-order chi connectivity index (χ1) is 14.9. The number of nitrogens with one attached hydrogen (secondary N) is 1. The Kier molecular flexibility index (Phi) is 6.99. The molecule has 8 nitrogen and oxygen atoms in total. The molecule has 0 unspecified atom stereocenters. The van der Waals surface area contributed by atoms with Gasteiger partial charge in [0.2, 0.25) is 0 Å². The summed E-state index contributed by atoms with van der Waals surface area (Å²) >= 11 is 0. The standard InChI is InChI=1S/C22H22N4O4S/c1-17-9-11-19(12-10-17)31(28,29)26(20-7-3-4-8-21(20)30-2)16-22(27)25-24-15-18-6-5-13-23-14-18/h3-15H,16H2,1-2H3,(H,25,27)/b24-15-. The number of sulfonamides is 1. The van der Waals surface area contributed by atoms with E-state index in [1.54, 1.807) is 60.9 Å². The van der Waals surface area contributed by atoms with Crippen molar-refractivity contribution in [2.45, 2.75) is 11.8 Å². The van der Waals surface area contributed by atoms with Gasteiger partial charge in [-0.2, -0.15) is 5.10 Å². The highest BCUT2D eigenvalue weighted by Crippen LogP contribution is 2.32. The van der Waals surface area contributed by atoms with Gasteiger partial charge < -0.3 is 4.74 Å². The number of hydrogen-bond donors (Lipinski definition) is 1. The summed E-state index contributed by atoms with van der Waals surface area (Å²) in [6.07, 6.45) is 4.63. The van der Waals surface area contributed by atoms with E-state index in [0.717, 1.165) is 9.87 Å². The summed E-state index contributed by atoms with van der Waals surface area (Å²) in [7, 11) is -2.61. The van der Waals surface area contributed by atoms with Crippen LogP contribution in [0.25, 0.3) is 0 Å². The minimum absolute atomic E-state index is 0.0654. The van der Waals surface area contributed by atoms with E-state index in [1.807, 2.05) is 6.92 Å². The van der Waals surface area contributed by atoms with E-state index in [2.05, 4.69) is 15.5 Å². The molecule has 0 fully saturated rings. The molecule has 0 spiro atoms. The lowest BCUT2D eigenvalue weighted by Gasteiger charge is -2.25. The minimum Gasteiger partial charge on any atom is -0.495 e. The molecule has 3 aromatic rings. The number of pyridine rings is 1. The van der Waals surface area contributed by atoms with Gasteiger partial charge in [0.1, 0.15) is 12.3 Å². The molecule has 0 aliphatic rings. The predicted octanol–water partition coefficient (Wildman–Crippen LogP) is 2.74. The van der Waals surface area contributed by atoms with Crippen LogP contribution < -0.4 is 14.5 Å². The Morgan fingerprint density at radius 2 is 1.87 bits per heavy atom. The van der Waals surface area contributed by atoms with Gasteiger partial charge in [-0.25, -0.2) is 13.8 Å². The number of amides is 1. The number of carbonyl (C=O) groups excluding carboxylic acids is 1. The van der Waals surface area contributed by atoms with Gasteiger partial charge in [0.05, 0.1) is 23.9 Å². The van der Waals surface area contributed by atoms with Gasteiger partial charge in [0, 0.05) is 18.0 Å². The SMILES string of the molecule is COc1ccccc1N(CC(=O)N/N=C\c1cccnc1)S(=O)(=O)c1ccc(C)cc1. The lowest BCUT2D eigenvalue weighted by atomic mass is 10.2. The van der Waals surface area contributed by atoms with Crippen molar-refractivity contribution in [2.24, 2.45) is 5.10 Å². The summed E-state index contributed by atoms with van der Waals surface area (Å²) in [5.41, 5.74) is 4.22. The predicted molar refractivity (Wildman–Crippen MR) is 119 cm³/mol. The second kappa shape index (κ2) is 9.86. The third-order valence-corrected chi connectivity index (χ3v) is 6.11. The quantitative estimate of drug-likeness (QED) is 0.431. The van der Waals surface area contributed by atoms with Crippen LogP contribution in [-0.2, 0) is 14.8 Å². The van der Waals surface area contributed by atoms with Crippen molar-refractivity contribution in [3.8, 4) is 5.75 Å². The van der Waals surface area contributed by atoms with Crippen LogP contribution in [0.1, 0.15) is 11.1 Å². The molecule has 0 atom stereocenters. The fourth-order valence-electron chi connectivity index (χ4n) is 2.77. The Morgan fingerprint density at radius 3 is 2.55 bits per heavy atom. The Morgan fingerprint density at radius 1 is 1.13 bits per heavy atom. The lowest BCUT2D eigenvalue weighted by molar-refractivity contribution is -0.119. The Hall–Kier alpha value is -3.72. The van der Waals surface area contributed by atoms with Crippen LogP contribution in [-0.4, -0.2) is 39.2 Å². The second-order valence-electron chi connectivity index (χ2n) is 6.58. The molecule has 9 heteroatoms. The zero-order chi connectivity index (χ0) is 22.3. The minimum atomic E-state index is -4.05. The fourth-order valence-corrected chi connectivity index (χ4v) is 4.20. The summed E-state index contributed by atoms with van der Waals surface area (Å²) in [6, 6.07) is 16.5. The largest absolute Gasteiger partial charge is 0.495 e. The number of hydrogen-bond acceptors (Lipinski definition) is 6. The highest BCUT2D eigenvalue weighted by molar-refractivity contribution is 7.92. The van der Waals surface area contributed by atoms with E-state index < -0.39 is 22.5 Å². The van der Waals surface area contributed by atoms with E-state index in [1.165, 1.54) is 25.5 Å². The van der Waals surface area contributed by atoms with Gasteiger partial charge in [-0.3, -0.25) is 14.1 Å². The zero-order valence-electron chi connectivity index (χ0n) is 17.1. The molecule has 0 bridgehead atoms. The molecule has 1 amide bonds. The maximum Gasteiger partial charge on any atom is 0.264 e. The number of nitrogens with zero attached hydrogens (tertiary/aromatic N) is 3. The van der Waals surface area contributed by atoms with Crippen molar-refractivity contribution < 1.29 is 17.9 Å².